The number of benzene rings is 1. The molecule has 1 aliphatic rings. The van der Waals surface area contributed by atoms with Gasteiger partial charge in [-0.25, -0.2) is 9.78 Å². The first-order valence-electron chi connectivity index (χ1n) is 10.1. The van der Waals surface area contributed by atoms with Crippen molar-refractivity contribution in [2.24, 2.45) is 0 Å². The molecule has 160 valence electrons. The number of hydrogen-bond donors (Lipinski definition) is 0. The molecule has 0 unspecified atom stereocenters. The van der Waals surface area contributed by atoms with Crippen LogP contribution in [0, 0.1) is 13.8 Å². The van der Waals surface area contributed by atoms with Crippen LogP contribution in [0.15, 0.2) is 41.3 Å². The Labute approximate surface area is 179 Å². The van der Waals surface area contributed by atoms with Gasteiger partial charge in [0, 0.05) is 11.9 Å². The maximum Gasteiger partial charge on any atom is 0.343 e. The molecule has 0 saturated heterocycles. The van der Waals surface area contributed by atoms with E-state index in [0.717, 1.165) is 5.56 Å². The van der Waals surface area contributed by atoms with Gasteiger partial charge in [-0.15, -0.1) is 0 Å². The number of nitrogens with zero attached hydrogens (tertiary/aromatic N) is 3. The summed E-state index contributed by atoms with van der Waals surface area (Å²) in [7, 11) is 0. The normalized spacial score (nSPS) is 12.9. The van der Waals surface area contributed by atoms with Crippen LogP contribution in [0.1, 0.15) is 28.5 Å². The van der Waals surface area contributed by atoms with Gasteiger partial charge in [0.1, 0.15) is 30.1 Å². The average molecular weight is 421 g/mol. The summed E-state index contributed by atoms with van der Waals surface area (Å²) >= 11 is 0. The first kappa shape index (κ1) is 20.6. The van der Waals surface area contributed by atoms with Gasteiger partial charge in [0.2, 0.25) is 11.3 Å². The number of aromatic nitrogens is 2. The minimum atomic E-state index is -0.719. The molecule has 0 bridgehead atoms. The molecule has 0 fully saturated rings. The van der Waals surface area contributed by atoms with Crippen LogP contribution in [-0.2, 0) is 16.1 Å². The molecule has 31 heavy (non-hydrogen) atoms. The maximum absolute atomic E-state index is 13.3. The third-order valence-electron chi connectivity index (χ3n) is 5.14. The van der Waals surface area contributed by atoms with Gasteiger partial charge in [-0.3, -0.25) is 9.59 Å². The number of amides is 1. The number of hydrogen-bond acceptors (Lipinski definition) is 6. The molecule has 0 saturated carbocycles. The number of esters is 1. The van der Waals surface area contributed by atoms with Gasteiger partial charge in [0.15, 0.2) is 0 Å². The lowest BCUT2D eigenvalue weighted by Gasteiger charge is -2.30. The van der Waals surface area contributed by atoms with Gasteiger partial charge in [0.05, 0.1) is 24.2 Å². The molecule has 1 amide bonds. The van der Waals surface area contributed by atoms with Gasteiger partial charge < -0.3 is 18.9 Å². The molecule has 8 nitrogen and oxygen atoms in total. The number of anilines is 1. The number of carbonyl (C=O) groups excluding carboxylic acids is 2. The zero-order valence-corrected chi connectivity index (χ0v) is 17.7. The fourth-order valence-corrected chi connectivity index (χ4v) is 3.65. The Morgan fingerprint density at radius 2 is 2.00 bits per heavy atom. The Hall–Kier alpha value is -3.68. The number of aryl methyl sites for hydroxylation is 2. The molecule has 0 radical (unpaired) electrons. The number of ether oxygens (including phenoxy) is 2. The van der Waals surface area contributed by atoms with Crippen molar-refractivity contribution in [1.29, 1.82) is 0 Å². The van der Waals surface area contributed by atoms with Gasteiger partial charge >= 0.3 is 5.97 Å². The molecule has 3 aromatic rings. The van der Waals surface area contributed by atoms with Gasteiger partial charge in [-0.2, -0.15) is 0 Å². The molecule has 3 heterocycles. The predicted molar refractivity (Wildman–Crippen MR) is 116 cm³/mol. The van der Waals surface area contributed by atoms with Crippen LogP contribution in [0.25, 0.3) is 11.0 Å². The van der Waals surface area contributed by atoms with E-state index in [-0.39, 0.29) is 30.0 Å². The molecule has 4 rings (SSSR count). The zero-order chi connectivity index (χ0) is 22.1. The van der Waals surface area contributed by atoms with E-state index in [1.807, 2.05) is 25.1 Å². The average Bonchev–Trinajstić information content (AvgIpc) is 2.75. The summed E-state index contributed by atoms with van der Waals surface area (Å²) in [6.07, 6.45) is 1.37. The van der Waals surface area contributed by atoms with E-state index >= 15 is 0 Å². The summed E-state index contributed by atoms with van der Waals surface area (Å²) in [5.41, 5.74) is 2.19. The van der Waals surface area contributed by atoms with E-state index in [0.29, 0.717) is 35.9 Å². The zero-order valence-electron chi connectivity index (χ0n) is 17.7. The molecule has 0 atom stereocenters. The van der Waals surface area contributed by atoms with E-state index in [2.05, 4.69) is 4.98 Å². The summed E-state index contributed by atoms with van der Waals surface area (Å²) < 4.78 is 12.3. The quantitative estimate of drug-likeness (QED) is 0.602. The van der Waals surface area contributed by atoms with Crippen molar-refractivity contribution in [3.63, 3.8) is 0 Å². The van der Waals surface area contributed by atoms with Gasteiger partial charge in [0.25, 0.3) is 0 Å². The van der Waals surface area contributed by atoms with Gasteiger partial charge in [-0.1, -0.05) is 6.07 Å². The SMILES string of the molecule is CCOC(=O)c1cn(CC(=O)N2CCOc3ccc(C)cc32)c2nc(C)ccc2c1=O. The van der Waals surface area contributed by atoms with Crippen molar-refractivity contribution >= 4 is 28.6 Å². The Bertz CT molecular complexity index is 1250. The van der Waals surface area contributed by atoms with Crippen LogP contribution in [0.3, 0.4) is 0 Å². The fraction of sp³-hybridized carbons (Fsp3) is 0.304. The van der Waals surface area contributed by atoms with Crippen molar-refractivity contribution in [1.82, 2.24) is 9.55 Å². The monoisotopic (exact) mass is 421 g/mol. The summed E-state index contributed by atoms with van der Waals surface area (Å²) in [4.78, 5) is 44.6. The Kier molecular flexibility index (Phi) is 5.46. The highest BCUT2D eigenvalue weighted by Gasteiger charge is 2.25. The van der Waals surface area contributed by atoms with Crippen LogP contribution in [0.4, 0.5) is 5.69 Å². The second kappa shape index (κ2) is 8.22. The summed E-state index contributed by atoms with van der Waals surface area (Å²) in [6, 6.07) is 9.01. The lowest BCUT2D eigenvalue weighted by atomic mass is 10.1. The third-order valence-corrected chi connectivity index (χ3v) is 5.14. The molecule has 2 aromatic heterocycles. The number of pyridine rings is 2. The minimum Gasteiger partial charge on any atom is -0.490 e. The molecule has 0 aliphatic carbocycles. The van der Waals surface area contributed by atoms with Crippen molar-refractivity contribution in [2.45, 2.75) is 27.3 Å². The molecule has 0 N–H and O–H groups in total. The molecular formula is C23H23N3O5. The smallest absolute Gasteiger partial charge is 0.343 e. The van der Waals surface area contributed by atoms with Crippen LogP contribution in [-0.4, -0.2) is 41.2 Å². The van der Waals surface area contributed by atoms with Crippen molar-refractivity contribution in [2.75, 3.05) is 24.7 Å². The molecule has 0 spiro atoms. The first-order chi connectivity index (χ1) is 14.9. The lowest BCUT2D eigenvalue weighted by molar-refractivity contribution is -0.119. The molecular weight excluding hydrogens is 398 g/mol. The highest BCUT2D eigenvalue weighted by atomic mass is 16.5. The highest BCUT2D eigenvalue weighted by Crippen LogP contribution is 2.32. The summed E-state index contributed by atoms with van der Waals surface area (Å²) in [6.45, 7) is 6.27. The molecule has 1 aliphatic heterocycles. The van der Waals surface area contributed by atoms with Gasteiger partial charge in [-0.05, 0) is 50.6 Å². The first-order valence-corrected chi connectivity index (χ1v) is 10.1. The third kappa shape index (κ3) is 3.88. The fourth-order valence-electron chi connectivity index (χ4n) is 3.65. The van der Waals surface area contributed by atoms with E-state index in [1.54, 1.807) is 35.4 Å². The summed E-state index contributed by atoms with van der Waals surface area (Å²) in [5.74, 6) is -0.266. The summed E-state index contributed by atoms with van der Waals surface area (Å²) in [5, 5.41) is 0.266. The standard InChI is InChI=1S/C23H23N3O5/c1-4-30-23(29)17-12-25(22-16(21(17)28)7-6-15(3)24-22)13-20(27)26-9-10-31-19-8-5-14(2)11-18(19)26/h5-8,11-12H,4,9-10,13H2,1-3H3. The Morgan fingerprint density at radius 3 is 2.77 bits per heavy atom. The minimum absolute atomic E-state index is 0.0903. The van der Waals surface area contributed by atoms with E-state index < -0.39 is 11.4 Å². The van der Waals surface area contributed by atoms with E-state index in [4.69, 9.17) is 9.47 Å². The second-order valence-electron chi connectivity index (χ2n) is 7.41. The maximum atomic E-state index is 13.3. The van der Waals surface area contributed by atoms with Crippen molar-refractivity contribution in [3.8, 4) is 5.75 Å². The van der Waals surface area contributed by atoms with Crippen LogP contribution in [0.5, 0.6) is 5.75 Å². The number of carbonyl (C=O) groups is 2. The second-order valence-corrected chi connectivity index (χ2v) is 7.41. The lowest BCUT2D eigenvalue weighted by Crippen LogP contribution is -2.40. The number of rotatable bonds is 4. The highest BCUT2D eigenvalue weighted by molar-refractivity contribution is 5.97. The number of fused-ring (bicyclic) bond motifs is 2. The Morgan fingerprint density at radius 1 is 1.19 bits per heavy atom. The van der Waals surface area contributed by atoms with Crippen LogP contribution in [0.2, 0.25) is 0 Å². The molecule has 1 aromatic carbocycles. The largest absolute Gasteiger partial charge is 0.490 e. The molecule has 8 heteroatoms. The van der Waals surface area contributed by atoms with Crippen molar-refractivity contribution in [3.05, 3.63) is 63.6 Å². The van der Waals surface area contributed by atoms with Crippen LogP contribution < -0.4 is 15.1 Å². The van der Waals surface area contributed by atoms with Crippen LogP contribution >= 0.6 is 0 Å². The van der Waals surface area contributed by atoms with Crippen molar-refractivity contribution < 1.29 is 19.1 Å². The predicted octanol–water partition coefficient (Wildman–Crippen LogP) is 2.62. The topological polar surface area (TPSA) is 90.7 Å². The van der Waals surface area contributed by atoms with E-state index in [1.165, 1.54) is 6.20 Å². The Balaban J connectivity index is 1.78. The van der Waals surface area contributed by atoms with E-state index in [9.17, 15) is 14.4 Å².